The molecule has 0 atom stereocenters. The molecule has 1 aromatic heterocycles. The number of aliphatic imine (C=N–C) groups is 2. The van der Waals surface area contributed by atoms with Crippen LogP contribution in [0, 0.1) is 0 Å². The van der Waals surface area contributed by atoms with Crippen LogP contribution in [0.15, 0.2) is 95.1 Å². The molecule has 142 valence electrons. The Bertz CT molecular complexity index is 760. The summed E-state index contributed by atoms with van der Waals surface area (Å²) in [5.74, 6) is 0. The summed E-state index contributed by atoms with van der Waals surface area (Å²) in [6.07, 6.45) is 12.6. The molecular formula is C23H29N3S. The van der Waals surface area contributed by atoms with Crippen molar-refractivity contribution in [1.29, 1.82) is 0 Å². The Hall–Kier alpha value is -2.72. The maximum atomic E-state index is 4.50. The number of thiol groups is 1. The Morgan fingerprint density at radius 1 is 0.926 bits per heavy atom. The van der Waals surface area contributed by atoms with Gasteiger partial charge in [-0.15, -0.1) is 0 Å². The number of hydrogen-bond donors (Lipinski definition) is 1. The molecule has 0 amide bonds. The molecular weight excluding hydrogens is 350 g/mol. The average molecular weight is 380 g/mol. The molecule has 0 radical (unpaired) electrons. The molecule has 0 aliphatic heterocycles. The second-order valence-corrected chi connectivity index (χ2v) is 4.77. The zero-order chi connectivity index (χ0) is 20.3. The van der Waals surface area contributed by atoms with Crippen molar-refractivity contribution in [3.05, 3.63) is 96.5 Å². The summed E-state index contributed by atoms with van der Waals surface area (Å²) >= 11 is 3.53. The van der Waals surface area contributed by atoms with Crippen molar-refractivity contribution in [2.45, 2.75) is 20.8 Å². The summed E-state index contributed by atoms with van der Waals surface area (Å²) in [4.78, 5) is 13.3. The molecule has 0 saturated heterocycles. The van der Waals surface area contributed by atoms with Crippen molar-refractivity contribution in [1.82, 2.24) is 4.98 Å². The molecule has 0 bridgehead atoms. The number of allylic oxidation sites excluding steroid dienone is 5. The topological polar surface area (TPSA) is 37.6 Å². The molecule has 2 aromatic rings. The maximum Gasteiger partial charge on any atom is 0.0820 e. The minimum absolute atomic E-state index is 0.794. The molecule has 0 aliphatic rings. The van der Waals surface area contributed by atoms with E-state index in [9.17, 15) is 0 Å². The highest BCUT2D eigenvalue weighted by molar-refractivity contribution is 7.79. The molecule has 1 aromatic carbocycles. The molecule has 4 heteroatoms. The largest absolute Gasteiger partial charge is 0.259 e. The lowest BCUT2D eigenvalue weighted by molar-refractivity contribution is 1.25. The number of pyridine rings is 1. The number of aromatic nitrogens is 1. The number of para-hydroxylation sites is 1. The van der Waals surface area contributed by atoms with Crippen LogP contribution >= 0.6 is 12.6 Å². The number of benzene rings is 1. The zero-order valence-electron chi connectivity index (χ0n) is 16.6. The van der Waals surface area contributed by atoms with Gasteiger partial charge < -0.3 is 0 Å². The van der Waals surface area contributed by atoms with E-state index in [0.29, 0.717) is 0 Å². The number of hydrogen-bond acceptors (Lipinski definition) is 4. The number of rotatable bonds is 6. The third-order valence-corrected chi connectivity index (χ3v) is 2.88. The van der Waals surface area contributed by atoms with Crippen LogP contribution < -0.4 is 0 Å². The monoisotopic (exact) mass is 379 g/mol. The minimum Gasteiger partial charge on any atom is -0.259 e. The summed E-state index contributed by atoms with van der Waals surface area (Å²) in [6, 6.07) is 15.6. The Labute approximate surface area is 169 Å². The molecule has 27 heavy (non-hydrogen) atoms. The normalized spacial score (nSPS) is 11.1. The van der Waals surface area contributed by atoms with Crippen molar-refractivity contribution in [3.63, 3.8) is 0 Å². The Kier molecular flexibility index (Phi) is 15.0. The van der Waals surface area contributed by atoms with Gasteiger partial charge in [-0.05, 0) is 43.5 Å². The maximum absolute atomic E-state index is 4.50. The second kappa shape index (κ2) is 16.7. The highest BCUT2D eigenvalue weighted by Crippen LogP contribution is 2.09. The van der Waals surface area contributed by atoms with Crippen molar-refractivity contribution in [3.8, 4) is 0 Å². The smallest absolute Gasteiger partial charge is 0.0820 e. The third kappa shape index (κ3) is 11.5. The summed E-state index contributed by atoms with van der Waals surface area (Å²) < 4.78 is 0. The second-order valence-electron chi connectivity index (χ2n) is 4.77. The van der Waals surface area contributed by atoms with Crippen molar-refractivity contribution in [2.24, 2.45) is 9.98 Å². The van der Waals surface area contributed by atoms with Gasteiger partial charge in [-0.2, -0.15) is 12.6 Å². The fourth-order valence-corrected chi connectivity index (χ4v) is 1.75. The van der Waals surface area contributed by atoms with Crippen LogP contribution in [0.1, 0.15) is 32.2 Å². The van der Waals surface area contributed by atoms with E-state index >= 15 is 0 Å². The molecule has 0 N–H and O–H groups in total. The zero-order valence-corrected chi connectivity index (χ0v) is 17.5. The summed E-state index contributed by atoms with van der Waals surface area (Å²) in [7, 11) is 0. The molecule has 0 spiro atoms. The van der Waals surface area contributed by atoms with Gasteiger partial charge in [0.25, 0.3) is 0 Å². The first kappa shape index (κ1) is 24.3. The summed E-state index contributed by atoms with van der Waals surface area (Å²) in [5, 5.41) is 0. The van der Waals surface area contributed by atoms with Crippen LogP contribution in [0.5, 0.6) is 0 Å². The van der Waals surface area contributed by atoms with Crippen molar-refractivity contribution < 1.29 is 0 Å². The highest BCUT2D eigenvalue weighted by atomic mass is 32.1. The van der Waals surface area contributed by atoms with Crippen LogP contribution in [0.3, 0.4) is 0 Å². The van der Waals surface area contributed by atoms with Crippen LogP contribution in [0.25, 0.3) is 0 Å². The van der Waals surface area contributed by atoms with Gasteiger partial charge in [0.1, 0.15) is 0 Å². The van der Waals surface area contributed by atoms with Gasteiger partial charge in [-0.3, -0.25) is 9.98 Å². The van der Waals surface area contributed by atoms with E-state index in [1.54, 1.807) is 24.8 Å². The van der Waals surface area contributed by atoms with E-state index in [1.807, 2.05) is 87.5 Å². The van der Waals surface area contributed by atoms with Crippen LogP contribution in [0.2, 0.25) is 0 Å². The van der Waals surface area contributed by atoms with Gasteiger partial charge in [0.15, 0.2) is 0 Å². The lowest BCUT2D eigenvalue weighted by Crippen LogP contribution is -1.93. The van der Waals surface area contributed by atoms with E-state index in [1.165, 1.54) is 0 Å². The quantitative estimate of drug-likeness (QED) is 0.348. The molecule has 0 fully saturated rings. The molecule has 0 aliphatic carbocycles. The highest BCUT2D eigenvalue weighted by Gasteiger charge is 1.93. The van der Waals surface area contributed by atoms with Gasteiger partial charge in [0.2, 0.25) is 0 Å². The van der Waals surface area contributed by atoms with Gasteiger partial charge in [0.05, 0.1) is 29.5 Å². The first-order valence-corrected chi connectivity index (χ1v) is 9.68. The van der Waals surface area contributed by atoms with E-state index in [2.05, 4.69) is 34.2 Å². The van der Waals surface area contributed by atoms with Gasteiger partial charge in [-0.1, -0.05) is 62.9 Å². The molecule has 1 heterocycles. The first-order chi connectivity index (χ1) is 13.3. The lowest BCUT2D eigenvalue weighted by atomic mass is 10.3. The Balaban J connectivity index is 0.00000158. The first-order valence-electron chi connectivity index (χ1n) is 8.79. The predicted molar refractivity (Wildman–Crippen MR) is 125 cm³/mol. The molecule has 2 rings (SSSR count). The van der Waals surface area contributed by atoms with E-state index in [-0.39, 0.29) is 0 Å². The molecule has 3 nitrogen and oxygen atoms in total. The fraction of sp³-hybridized carbons (Fsp3) is 0.174. The SMILES string of the molecule is C=C/C=C\C=C(/C)N=Cc1cccc(C=Nc2ccccc2)n1.CC.CS. The fourth-order valence-electron chi connectivity index (χ4n) is 1.75. The number of nitrogens with zero attached hydrogens (tertiary/aromatic N) is 3. The van der Waals surface area contributed by atoms with E-state index in [4.69, 9.17) is 0 Å². The standard InChI is InChI=1S/C20H19N3.C2H6.CH4S/c1-3-4-6-10-17(2)21-15-19-13-9-14-20(23-19)16-22-18-11-7-5-8-12-18;2*1-2/h3-16H,1H2,2H3;1-2H3;2H,1H3/b6-4-,17-10+,21-15?,22-16?;;. The third-order valence-electron chi connectivity index (χ3n) is 2.88. The van der Waals surface area contributed by atoms with Crippen molar-refractivity contribution >= 4 is 30.7 Å². The minimum atomic E-state index is 0.794. The Morgan fingerprint density at radius 2 is 1.56 bits per heavy atom. The van der Waals surface area contributed by atoms with E-state index < -0.39 is 0 Å². The summed E-state index contributed by atoms with van der Waals surface area (Å²) in [6.45, 7) is 9.56. The van der Waals surface area contributed by atoms with Crippen molar-refractivity contribution in [2.75, 3.05) is 6.26 Å². The lowest BCUT2D eigenvalue weighted by Gasteiger charge is -1.96. The van der Waals surface area contributed by atoms with Gasteiger partial charge in [-0.25, -0.2) is 4.98 Å². The summed E-state index contributed by atoms with van der Waals surface area (Å²) in [5.41, 5.74) is 3.39. The van der Waals surface area contributed by atoms with Gasteiger partial charge in [0, 0.05) is 5.70 Å². The van der Waals surface area contributed by atoms with Crippen LogP contribution in [0.4, 0.5) is 5.69 Å². The average Bonchev–Trinajstić information content (AvgIpc) is 2.75. The van der Waals surface area contributed by atoms with Crippen LogP contribution in [-0.4, -0.2) is 23.7 Å². The molecule has 0 saturated carbocycles. The van der Waals surface area contributed by atoms with Gasteiger partial charge >= 0.3 is 0 Å². The van der Waals surface area contributed by atoms with E-state index in [0.717, 1.165) is 22.8 Å². The van der Waals surface area contributed by atoms with Crippen LogP contribution in [-0.2, 0) is 0 Å². The Morgan fingerprint density at radius 3 is 2.19 bits per heavy atom. The predicted octanol–water partition coefficient (Wildman–Crippen LogP) is 6.47. The molecule has 0 unspecified atom stereocenters.